The highest BCUT2D eigenvalue weighted by molar-refractivity contribution is 7.21. The van der Waals surface area contributed by atoms with Gasteiger partial charge in [-0.2, -0.15) is 10.5 Å². The number of halogens is 1. The molecule has 0 atom stereocenters. The largest absolute Gasteiger partial charge is 0.384 e. The van der Waals surface area contributed by atoms with Crippen LogP contribution in [0.1, 0.15) is 11.4 Å². The van der Waals surface area contributed by atoms with Gasteiger partial charge in [0.2, 0.25) is 0 Å². The van der Waals surface area contributed by atoms with Gasteiger partial charge in [-0.25, -0.2) is 15.0 Å². The number of thiazole rings is 1. The van der Waals surface area contributed by atoms with Crippen LogP contribution in [0.3, 0.4) is 0 Å². The van der Waals surface area contributed by atoms with Gasteiger partial charge in [0, 0.05) is 10.7 Å². The van der Waals surface area contributed by atoms with Crippen LogP contribution in [0.5, 0.6) is 0 Å². The molecule has 0 radical (unpaired) electrons. The first kappa shape index (κ1) is 18.1. The molecular formula is C21H10ClN7S. The van der Waals surface area contributed by atoms with E-state index in [2.05, 4.69) is 9.97 Å². The number of nitrogens with two attached hydrogens (primary N) is 1. The number of anilines is 1. The van der Waals surface area contributed by atoms with Crippen molar-refractivity contribution in [1.29, 1.82) is 10.5 Å². The summed E-state index contributed by atoms with van der Waals surface area (Å²) in [5, 5.41) is 20.1. The Morgan fingerprint density at radius 1 is 0.933 bits per heavy atom. The van der Waals surface area contributed by atoms with E-state index in [1.54, 1.807) is 28.8 Å². The number of fused-ring (bicyclic) bond motifs is 2. The number of hydrogen-bond donors (Lipinski definition) is 1. The van der Waals surface area contributed by atoms with Gasteiger partial charge in [-0.3, -0.25) is 4.57 Å². The molecule has 0 spiro atoms. The Labute approximate surface area is 179 Å². The molecule has 2 aromatic carbocycles. The number of aromatic nitrogens is 4. The summed E-state index contributed by atoms with van der Waals surface area (Å²) in [6.07, 6.45) is 0. The summed E-state index contributed by atoms with van der Waals surface area (Å²) in [6, 6.07) is 18.7. The number of benzene rings is 2. The lowest BCUT2D eigenvalue weighted by molar-refractivity contribution is 1.08. The lowest BCUT2D eigenvalue weighted by Crippen LogP contribution is -2.02. The maximum atomic E-state index is 9.44. The highest BCUT2D eigenvalue weighted by Gasteiger charge is 2.24. The van der Waals surface area contributed by atoms with Gasteiger partial charge in [0.1, 0.15) is 28.5 Å². The lowest BCUT2D eigenvalue weighted by atomic mass is 10.2. The van der Waals surface area contributed by atoms with Gasteiger partial charge in [-0.15, -0.1) is 11.3 Å². The number of para-hydroxylation sites is 1. The average molecular weight is 428 g/mol. The minimum Gasteiger partial charge on any atom is -0.384 e. The second kappa shape index (κ2) is 6.82. The number of nitrogens with zero attached hydrogens (tertiary/aromatic N) is 6. The van der Waals surface area contributed by atoms with Gasteiger partial charge in [0.05, 0.1) is 15.8 Å². The Hall–Kier alpha value is -3.98. The van der Waals surface area contributed by atoms with E-state index >= 15 is 0 Å². The molecule has 30 heavy (non-hydrogen) atoms. The van der Waals surface area contributed by atoms with Crippen LogP contribution in [0.4, 0.5) is 5.82 Å². The van der Waals surface area contributed by atoms with Crippen LogP contribution >= 0.6 is 22.9 Å². The van der Waals surface area contributed by atoms with Crippen molar-refractivity contribution in [3.05, 3.63) is 64.9 Å². The van der Waals surface area contributed by atoms with E-state index in [0.29, 0.717) is 38.3 Å². The van der Waals surface area contributed by atoms with Crippen molar-refractivity contribution >= 4 is 50.1 Å². The summed E-state index contributed by atoms with van der Waals surface area (Å²) in [5.74, 6) is 0.366. The molecule has 3 aromatic heterocycles. The predicted molar refractivity (Wildman–Crippen MR) is 116 cm³/mol. The van der Waals surface area contributed by atoms with Crippen LogP contribution in [0, 0.1) is 22.7 Å². The standard InChI is InChI=1S/C21H10ClN7S/c22-11-5-7-12(8-6-11)29-19(25)17(21-28-13-3-1-2-4-16(13)30-21)18-20(29)27-15(10-24)14(9-23)26-18/h1-8H,25H2. The zero-order valence-electron chi connectivity index (χ0n) is 15.2. The molecule has 2 N–H and O–H groups in total. The van der Waals surface area contributed by atoms with Crippen molar-refractivity contribution in [2.45, 2.75) is 0 Å². The zero-order chi connectivity index (χ0) is 20.8. The number of hydrogen-bond acceptors (Lipinski definition) is 7. The zero-order valence-corrected chi connectivity index (χ0v) is 16.7. The third-order valence-electron chi connectivity index (χ3n) is 4.63. The summed E-state index contributed by atoms with van der Waals surface area (Å²) in [5.41, 5.74) is 9.37. The summed E-state index contributed by atoms with van der Waals surface area (Å²) in [7, 11) is 0. The van der Waals surface area contributed by atoms with Gasteiger partial charge < -0.3 is 5.73 Å². The topological polar surface area (TPSA) is 117 Å². The number of rotatable bonds is 2. The van der Waals surface area contributed by atoms with Crippen molar-refractivity contribution in [3.63, 3.8) is 0 Å². The normalized spacial score (nSPS) is 10.9. The quantitative estimate of drug-likeness (QED) is 0.437. The van der Waals surface area contributed by atoms with E-state index in [0.717, 1.165) is 10.2 Å². The molecule has 7 nitrogen and oxygen atoms in total. The molecule has 0 amide bonds. The first-order valence-corrected chi connectivity index (χ1v) is 9.94. The minimum atomic E-state index is -0.0615. The molecule has 142 valence electrons. The number of nitrogen functional groups attached to an aromatic ring is 1. The predicted octanol–water partition coefficient (Wildman–Crippen LogP) is 4.68. The van der Waals surface area contributed by atoms with Gasteiger partial charge in [0.25, 0.3) is 0 Å². The third-order valence-corrected chi connectivity index (χ3v) is 5.93. The van der Waals surface area contributed by atoms with Crippen LogP contribution in [0.25, 0.3) is 37.6 Å². The molecule has 0 unspecified atom stereocenters. The van der Waals surface area contributed by atoms with Gasteiger partial charge in [-0.1, -0.05) is 23.7 Å². The van der Waals surface area contributed by atoms with E-state index in [4.69, 9.17) is 22.3 Å². The summed E-state index contributed by atoms with van der Waals surface area (Å²) in [6.45, 7) is 0. The summed E-state index contributed by atoms with van der Waals surface area (Å²) >= 11 is 7.51. The van der Waals surface area contributed by atoms with E-state index in [1.807, 2.05) is 36.4 Å². The molecule has 9 heteroatoms. The smallest absolute Gasteiger partial charge is 0.179 e. The van der Waals surface area contributed by atoms with Crippen molar-refractivity contribution < 1.29 is 0 Å². The molecule has 5 rings (SSSR count). The highest BCUT2D eigenvalue weighted by atomic mass is 35.5. The molecule has 0 saturated heterocycles. The summed E-state index contributed by atoms with van der Waals surface area (Å²) < 4.78 is 2.70. The molecule has 5 aromatic rings. The SMILES string of the molecule is N#Cc1nc2c(-c3nc4ccccc4s3)c(N)n(-c3ccc(Cl)cc3)c2nc1C#N. The monoisotopic (exact) mass is 427 g/mol. The van der Waals surface area contributed by atoms with Crippen LogP contribution in [0.2, 0.25) is 5.02 Å². The molecule has 0 fully saturated rings. The maximum Gasteiger partial charge on any atom is 0.179 e. The fourth-order valence-electron chi connectivity index (χ4n) is 3.29. The molecule has 0 aliphatic rings. The Morgan fingerprint density at radius 3 is 2.33 bits per heavy atom. The molecule has 0 saturated carbocycles. The van der Waals surface area contributed by atoms with E-state index in [-0.39, 0.29) is 11.4 Å². The van der Waals surface area contributed by atoms with Gasteiger partial charge in [0.15, 0.2) is 17.0 Å². The van der Waals surface area contributed by atoms with E-state index < -0.39 is 0 Å². The molecule has 0 aliphatic heterocycles. The summed E-state index contributed by atoms with van der Waals surface area (Å²) in [4.78, 5) is 13.5. The Kier molecular flexibility index (Phi) is 4.11. The first-order chi connectivity index (χ1) is 14.6. The van der Waals surface area contributed by atoms with Crippen molar-refractivity contribution in [1.82, 2.24) is 19.5 Å². The van der Waals surface area contributed by atoms with Crippen molar-refractivity contribution in [3.8, 4) is 28.4 Å². The van der Waals surface area contributed by atoms with E-state index in [9.17, 15) is 10.5 Å². The second-order valence-corrected chi connectivity index (χ2v) is 7.84. The van der Waals surface area contributed by atoms with Crippen molar-refractivity contribution in [2.24, 2.45) is 0 Å². The minimum absolute atomic E-state index is 0.0550. The average Bonchev–Trinajstić information content (AvgIpc) is 3.30. The van der Waals surface area contributed by atoms with Crippen LogP contribution in [0.15, 0.2) is 48.5 Å². The Morgan fingerprint density at radius 2 is 1.63 bits per heavy atom. The fourth-order valence-corrected chi connectivity index (χ4v) is 4.44. The van der Waals surface area contributed by atoms with Crippen LogP contribution < -0.4 is 5.73 Å². The highest BCUT2D eigenvalue weighted by Crippen LogP contribution is 2.40. The van der Waals surface area contributed by atoms with Crippen LogP contribution in [-0.4, -0.2) is 19.5 Å². The van der Waals surface area contributed by atoms with Gasteiger partial charge >= 0.3 is 0 Å². The molecule has 0 aliphatic carbocycles. The molecular weight excluding hydrogens is 418 g/mol. The first-order valence-electron chi connectivity index (χ1n) is 8.74. The van der Waals surface area contributed by atoms with Crippen LogP contribution in [-0.2, 0) is 0 Å². The Balaban J connectivity index is 1.90. The molecule has 3 heterocycles. The second-order valence-electron chi connectivity index (χ2n) is 6.38. The number of nitriles is 2. The lowest BCUT2D eigenvalue weighted by Gasteiger charge is -2.07. The van der Waals surface area contributed by atoms with Gasteiger partial charge in [-0.05, 0) is 36.4 Å². The van der Waals surface area contributed by atoms with E-state index in [1.165, 1.54) is 11.3 Å². The van der Waals surface area contributed by atoms with Crippen molar-refractivity contribution in [2.75, 3.05) is 5.73 Å². The fraction of sp³-hybridized carbons (Fsp3) is 0. The molecule has 0 bridgehead atoms. The maximum absolute atomic E-state index is 9.44. The third kappa shape index (κ3) is 2.67. The Bertz CT molecular complexity index is 1500.